The van der Waals surface area contributed by atoms with Gasteiger partial charge in [-0.3, -0.25) is 14.6 Å². The van der Waals surface area contributed by atoms with Crippen molar-refractivity contribution in [1.29, 1.82) is 0 Å². The van der Waals surface area contributed by atoms with E-state index in [1.165, 1.54) is 14.2 Å². The van der Waals surface area contributed by atoms with E-state index in [9.17, 15) is 9.59 Å². The van der Waals surface area contributed by atoms with Crippen LogP contribution < -0.4 is 24.6 Å². The van der Waals surface area contributed by atoms with Gasteiger partial charge in [-0.1, -0.05) is 24.3 Å². The number of benzene rings is 4. The summed E-state index contributed by atoms with van der Waals surface area (Å²) in [5.41, 5.74) is 7.55. The Morgan fingerprint density at radius 3 is 2.02 bits per heavy atom. The van der Waals surface area contributed by atoms with E-state index in [-0.39, 0.29) is 18.8 Å². The van der Waals surface area contributed by atoms with E-state index in [2.05, 4.69) is 65.3 Å². The number of nitrogens with zero attached hydrogens (tertiary/aromatic N) is 3. The van der Waals surface area contributed by atoms with Crippen LogP contribution in [0.25, 0.3) is 33.4 Å². The highest BCUT2D eigenvalue weighted by Crippen LogP contribution is 2.43. The minimum atomic E-state index is -0.496. The molecule has 0 saturated heterocycles. The molecule has 6 rings (SSSR count). The fourth-order valence-electron chi connectivity index (χ4n) is 7.37. The van der Waals surface area contributed by atoms with Crippen molar-refractivity contribution < 1.29 is 47.2 Å². The first-order valence-corrected chi connectivity index (χ1v) is 20.4. The molecule has 0 saturated carbocycles. The quantitative estimate of drug-likeness (QED) is 0.0896. The summed E-state index contributed by atoms with van der Waals surface area (Å²) in [4.78, 5) is 33.6. The number of rotatable bonds is 13. The molecular weight excluding hydrogens is 767 g/mol. The van der Waals surface area contributed by atoms with Gasteiger partial charge in [-0.25, -0.2) is 0 Å². The fraction of sp³-hybridized carbons (Fsp3) is 0.426. The van der Waals surface area contributed by atoms with Crippen LogP contribution in [-0.2, 0) is 33.3 Å². The molecule has 0 N–H and O–H groups in total. The van der Waals surface area contributed by atoms with Crippen LogP contribution in [-0.4, -0.2) is 112 Å². The van der Waals surface area contributed by atoms with Crippen LogP contribution in [0.1, 0.15) is 30.4 Å². The Balaban J connectivity index is 1.41. The Kier molecular flexibility index (Phi) is 15.8. The van der Waals surface area contributed by atoms with Crippen molar-refractivity contribution in [1.82, 2.24) is 0 Å². The molecule has 1 atom stereocenters. The molecule has 3 aromatic rings. The smallest absolute Gasteiger partial charge is 0.307 e. The van der Waals surface area contributed by atoms with Crippen LogP contribution in [0.5, 0.6) is 11.5 Å². The van der Waals surface area contributed by atoms with Crippen LogP contribution in [0, 0.1) is 13.8 Å². The van der Waals surface area contributed by atoms with Gasteiger partial charge in [0.2, 0.25) is 0 Å². The van der Waals surface area contributed by atoms with Gasteiger partial charge in [-0.2, -0.15) is 0 Å². The Labute approximate surface area is 352 Å². The Morgan fingerprint density at radius 1 is 0.717 bits per heavy atom. The molecule has 0 bridgehead atoms. The zero-order valence-corrected chi connectivity index (χ0v) is 35.6. The molecule has 0 spiro atoms. The lowest BCUT2D eigenvalue weighted by Crippen LogP contribution is -2.33. The van der Waals surface area contributed by atoms with Crippen molar-refractivity contribution in [2.75, 3.05) is 104 Å². The molecule has 13 nitrogen and oxygen atoms in total. The maximum atomic E-state index is 12.3. The molecule has 60 heavy (non-hydrogen) atoms. The van der Waals surface area contributed by atoms with E-state index in [0.29, 0.717) is 94.7 Å². The van der Waals surface area contributed by atoms with E-state index >= 15 is 0 Å². The van der Waals surface area contributed by atoms with Crippen molar-refractivity contribution in [3.63, 3.8) is 0 Å². The van der Waals surface area contributed by atoms with Gasteiger partial charge in [-0.05, 0) is 79.4 Å². The van der Waals surface area contributed by atoms with E-state index < -0.39 is 12.0 Å². The summed E-state index contributed by atoms with van der Waals surface area (Å²) < 4.78 is 46.7. The maximum absolute atomic E-state index is 12.3. The highest BCUT2D eigenvalue weighted by atomic mass is 16.5. The molecule has 13 heteroatoms. The molecule has 320 valence electrons. The highest BCUT2D eigenvalue weighted by Gasteiger charge is 2.22. The second kappa shape index (κ2) is 21.6. The summed E-state index contributed by atoms with van der Waals surface area (Å²) in [6, 6.07) is 24.0. The molecule has 0 amide bonds. The zero-order valence-electron chi connectivity index (χ0n) is 35.6. The second-order valence-corrected chi connectivity index (χ2v) is 14.8. The predicted octanol–water partition coefficient (Wildman–Crippen LogP) is 7.00. The summed E-state index contributed by atoms with van der Waals surface area (Å²) in [6.07, 6.45) is 0.472. The first kappa shape index (κ1) is 43.9. The molecule has 2 heterocycles. The molecule has 3 aromatic carbocycles. The van der Waals surface area contributed by atoms with Crippen LogP contribution in [0.2, 0.25) is 0 Å². The van der Waals surface area contributed by atoms with E-state index in [0.717, 1.165) is 50.3 Å². The maximum Gasteiger partial charge on any atom is 0.307 e. The van der Waals surface area contributed by atoms with Crippen LogP contribution in [0.15, 0.2) is 82.2 Å². The molecule has 0 aromatic heterocycles. The third-order valence-electron chi connectivity index (χ3n) is 10.5. The van der Waals surface area contributed by atoms with Gasteiger partial charge in [-0.15, -0.1) is 0 Å². The van der Waals surface area contributed by atoms with Crippen molar-refractivity contribution in [2.24, 2.45) is 4.99 Å². The number of hydrogen-bond donors (Lipinski definition) is 0. The summed E-state index contributed by atoms with van der Waals surface area (Å²) in [7, 11) is 6.09. The minimum absolute atomic E-state index is 0.0253. The number of methoxy groups -OCH3 is 4. The number of ether oxygens (including phenoxy) is 7. The number of fused-ring (bicyclic) bond motifs is 4. The van der Waals surface area contributed by atoms with Crippen molar-refractivity contribution in [2.45, 2.75) is 39.2 Å². The number of anilines is 2. The first-order valence-electron chi connectivity index (χ1n) is 20.4. The molecule has 0 fully saturated rings. The van der Waals surface area contributed by atoms with Crippen molar-refractivity contribution in [3.05, 3.63) is 89.3 Å². The molecule has 1 unspecified atom stereocenters. The SMILES string of the molecule is COCCN1CCOCCN(CCOC)c2ccc(-c3c4cc/c(=N\C(CCC(=O)OC)CC(=O)OC)cc-4oc4cc(C)ccc34)cc2OCCOc2cc(C)ccc21. The van der Waals surface area contributed by atoms with Crippen molar-refractivity contribution >= 4 is 34.3 Å². The van der Waals surface area contributed by atoms with Crippen LogP contribution in [0.3, 0.4) is 0 Å². The molecule has 3 aliphatic rings. The largest absolute Gasteiger partial charge is 0.488 e. The summed E-state index contributed by atoms with van der Waals surface area (Å²) in [6.45, 7) is 9.49. The molecule has 1 aliphatic carbocycles. The lowest BCUT2D eigenvalue weighted by Gasteiger charge is -2.28. The number of carbonyl (C=O) groups is 2. The average molecular weight is 824 g/mol. The minimum Gasteiger partial charge on any atom is -0.488 e. The van der Waals surface area contributed by atoms with Gasteiger partial charge in [0.05, 0.1) is 69.8 Å². The lowest BCUT2D eigenvalue weighted by atomic mass is 9.93. The van der Waals surface area contributed by atoms with Gasteiger partial charge < -0.3 is 47.4 Å². The Bertz CT molecular complexity index is 2260. The Hall–Kier alpha value is -5.63. The lowest BCUT2D eigenvalue weighted by molar-refractivity contribution is -0.143. The van der Waals surface area contributed by atoms with Gasteiger partial charge in [0.1, 0.15) is 36.1 Å². The van der Waals surface area contributed by atoms with E-state index in [4.69, 9.17) is 42.6 Å². The van der Waals surface area contributed by atoms with E-state index in [1.807, 2.05) is 31.2 Å². The van der Waals surface area contributed by atoms with Gasteiger partial charge in [0.15, 0.2) is 0 Å². The highest BCUT2D eigenvalue weighted by molar-refractivity contribution is 6.02. The molecule has 0 radical (unpaired) electrons. The van der Waals surface area contributed by atoms with Gasteiger partial charge in [0.25, 0.3) is 0 Å². The number of carbonyl (C=O) groups excluding carboxylic acids is 2. The van der Waals surface area contributed by atoms with Crippen LogP contribution >= 0.6 is 0 Å². The topological polar surface area (TPSA) is 131 Å². The van der Waals surface area contributed by atoms with Gasteiger partial charge in [0, 0.05) is 69.4 Å². The normalized spacial score (nSPS) is 14.7. The van der Waals surface area contributed by atoms with Crippen molar-refractivity contribution in [3.8, 4) is 33.9 Å². The summed E-state index contributed by atoms with van der Waals surface area (Å²) in [5, 5.41) is 1.55. The monoisotopic (exact) mass is 823 g/mol. The molecule has 2 aliphatic heterocycles. The third-order valence-corrected chi connectivity index (χ3v) is 10.5. The van der Waals surface area contributed by atoms with Crippen LogP contribution in [0.4, 0.5) is 11.4 Å². The third kappa shape index (κ3) is 11.3. The fourth-order valence-corrected chi connectivity index (χ4v) is 7.37. The first-order chi connectivity index (χ1) is 29.2. The van der Waals surface area contributed by atoms with Gasteiger partial charge >= 0.3 is 11.9 Å². The summed E-state index contributed by atoms with van der Waals surface area (Å²) >= 11 is 0. The number of hydrogen-bond acceptors (Lipinski definition) is 13. The predicted molar refractivity (Wildman–Crippen MR) is 231 cm³/mol. The number of esters is 2. The summed E-state index contributed by atoms with van der Waals surface area (Å²) in [5.74, 6) is 1.32. The second-order valence-electron chi connectivity index (χ2n) is 14.8. The zero-order chi connectivity index (χ0) is 42.4. The van der Waals surface area contributed by atoms with E-state index in [1.54, 1.807) is 14.2 Å². The Morgan fingerprint density at radius 2 is 1.35 bits per heavy atom. The standard InChI is InChI=1S/C47H57N3O10/c1-32-7-12-37-41(27-32)60-42-30-35(48-36(31-46(52)56-6)11-16-45(51)55-5)10-13-38(42)47(37)34-9-15-40-44(29-34)59-26-25-58-43-28-33(2)8-14-39(43)49(17-21-53-3)19-23-57-24-20-50(40)18-22-54-4/h7-10,12-15,27-30,36H,11,16-26,31H2,1-6H3/b48-35+. The number of aryl methyl sites for hydroxylation is 2. The average Bonchev–Trinajstić information content (AvgIpc) is 3.25. The molecular formula is C47H57N3O10.